The standard InChI is InChI=1S/C14H13FN2O/c15-13-2-1-12(6-11(13)7-16)17-14(18)10-4-8-3-9(8)5-10/h1-2,6,8-10H,3-5H2,(H,17,18). The molecule has 0 saturated heterocycles. The number of benzene rings is 1. The van der Waals surface area contributed by atoms with Crippen LogP contribution in [0.15, 0.2) is 18.2 Å². The SMILES string of the molecule is N#Cc1cc(NC(=O)C2CC3CC3C2)ccc1F. The van der Waals surface area contributed by atoms with Gasteiger partial charge in [-0.25, -0.2) is 4.39 Å². The van der Waals surface area contributed by atoms with Gasteiger partial charge in [0, 0.05) is 11.6 Å². The van der Waals surface area contributed by atoms with E-state index in [9.17, 15) is 9.18 Å². The lowest BCUT2D eigenvalue weighted by atomic mass is 10.0. The molecule has 1 N–H and O–H groups in total. The molecule has 2 saturated carbocycles. The smallest absolute Gasteiger partial charge is 0.227 e. The maximum absolute atomic E-state index is 13.1. The highest BCUT2D eigenvalue weighted by molar-refractivity contribution is 5.93. The number of nitrogens with one attached hydrogen (secondary N) is 1. The van der Waals surface area contributed by atoms with Crippen LogP contribution in [0.3, 0.4) is 0 Å². The normalized spacial score (nSPS) is 28.3. The number of amides is 1. The Morgan fingerprint density at radius 3 is 2.72 bits per heavy atom. The third kappa shape index (κ3) is 1.97. The van der Waals surface area contributed by atoms with Crippen LogP contribution >= 0.6 is 0 Å². The Labute approximate surface area is 105 Å². The molecule has 0 bridgehead atoms. The molecule has 2 fully saturated rings. The lowest BCUT2D eigenvalue weighted by molar-refractivity contribution is -0.120. The molecule has 3 nitrogen and oxygen atoms in total. The number of nitrogens with zero attached hydrogens (tertiary/aromatic N) is 1. The second-order valence-electron chi connectivity index (χ2n) is 5.22. The summed E-state index contributed by atoms with van der Waals surface area (Å²) in [7, 11) is 0. The predicted octanol–water partition coefficient (Wildman–Crippen LogP) is 2.68. The van der Waals surface area contributed by atoms with Crippen LogP contribution in [0.2, 0.25) is 0 Å². The van der Waals surface area contributed by atoms with E-state index in [1.807, 2.05) is 0 Å². The molecule has 2 aliphatic carbocycles. The van der Waals surface area contributed by atoms with Crippen LogP contribution in [0.4, 0.5) is 10.1 Å². The molecule has 2 unspecified atom stereocenters. The third-order valence-corrected chi connectivity index (χ3v) is 3.97. The van der Waals surface area contributed by atoms with Gasteiger partial charge in [-0.1, -0.05) is 0 Å². The van der Waals surface area contributed by atoms with Gasteiger partial charge in [0.1, 0.15) is 11.9 Å². The monoisotopic (exact) mass is 244 g/mol. The Hall–Kier alpha value is -1.89. The molecule has 2 aliphatic rings. The van der Waals surface area contributed by atoms with Crippen molar-refractivity contribution >= 4 is 11.6 Å². The fourth-order valence-electron chi connectivity index (χ4n) is 2.86. The molecule has 0 aromatic heterocycles. The summed E-state index contributed by atoms with van der Waals surface area (Å²) in [4.78, 5) is 12.0. The fraction of sp³-hybridized carbons (Fsp3) is 0.429. The van der Waals surface area contributed by atoms with Gasteiger partial charge < -0.3 is 5.32 Å². The second-order valence-corrected chi connectivity index (χ2v) is 5.22. The Kier molecular flexibility index (Phi) is 2.55. The van der Waals surface area contributed by atoms with Gasteiger partial charge in [-0.2, -0.15) is 5.26 Å². The van der Waals surface area contributed by atoms with Gasteiger partial charge in [0.05, 0.1) is 5.56 Å². The minimum absolute atomic E-state index is 0.00213. The molecule has 1 amide bonds. The zero-order valence-electron chi connectivity index (χ0n) is 9.82. The molecule has 1 aromatic rings. The molecule has 2 atom stereocenters. The van der Waals surface area contributed by atoms with E-state index in [-0.39, 0.29) is 17.4 Å². The average Bonchev–Trinajstić information content (AvgIpc) is 2.98. The molecule has 0 radical (unpaired) electrons. The first-order valence-corrected chi connectivity index (χ1v) is 6.18. The lowest BCUT2D eigenvalue weighted by Gasteiger charge is -2.12. The van der Waals surface area contributed by atoms with Crippen molar-refractivity contribution in [2.24, 2.45) is 17.8 Å². The molecule has 92 valence electrons. The van der Waals surface area contributed by atoms with Gasteiger partial charge in [0.2, 0.25) is 5.91 Å². The van der Waals surface area contributed by atoms with Gasteiger partial charge in [-0.3, -0.25) is 4.79 Å². The lowest BCUT2D eigenvalue weighted by Crippen LogP contribution is -2.21. The Bertz CT molecular complexity index is 539. The number of anilines is 1. The summed E-state index contributed by atoms with van der Waals surface area (Å²) in [5.74, 6) is 1.03. The Morgan fingerprint density at radius 1 is 1.33 bits per heavy atom. The van der Waals surface area contributed by atoms with E-state index >= 15 is 0 Å². The zero-order valence-corrected chi connectivity index (χ0v) is 9.82. The van der Waals surface area contributed by atoms with E-state index in [0.29, 0.717) is 5.69 Å². The van der Waals surface area contributed by atoms with Gasteiger partial charge in [0.25, 0.3) is 0 Å². The number of hydrogen-bond acceptors (Lipinski definition) is 2. The van der Waals surface area contributed by atoms with Gasteiger partial charge in [-0.05, 0) is 49.3 Å². The van der Waals surface area contributed by atoms with E-state index in [2.05, 4.69) is 5.32 Å². The quantitative estimate of drug-likeness (QED) is 0.869. The van der Waals surface area contributed by atoms with Crippen molar-refractivity contribution in [3.8, 4) is 6.07 Å². The van der Waals surface area contributed by atoms with Crippen molar-refractivity contribution in [1.82, 2.24) is 0 Å². The molecule has 1 aromatic carbocycles. The first-order valence-electron chi connectivity index (χ1n) is 6.18. The van der Waals surface area contributed by atoms with Crippen molar-refractivity contribution in [3.63, 3.8) is 0 Å². The van der Waals surface area contributed by atoms with E-state index in [0.717, 1.165) is 24.7 Å². The number of carbonyl (C=O) groups is 1. The summed E-state index contributed by atoms with van der Waals surface area (Å²) in [5.41, 5.74) is 0.459. The van der Waals surface area contributed by atoms with E-state index < -0.39 is 5.82 Å². The highest BCUT2D eigenvalue weighted by Gasteiger charge is 2.47. The van der Waals surface area contributed by atoms with Crippen LogP contribution in [-0.4, -0.2) is 5.91 Å². The van der Waals surface area contributed by atoms with Crippen molar-refractivity contribution in [2.45, 2.75) is 19.3 Å². The van der Waals surface area contributed by atoms with Crippen molar-refractivity contribution < 1.29 is 9.18 Å². The van der Waals surface area contributed by atoms with Gasteiger partial charge in [0.15, 0.2) is 0 Å². The second kappa shape index (κ2) is 4.09. The van der Waals surface area contributed by atoms with Crippen molar-refractivity contribution in [3.05, 3.63) is 29.6 Å². The van der Waals surface area contributed by atoms with E-state index in [4.69, 9.17) is 5.26 Å². The summed E-state index contributed by atoms with van der Waals surface area (Å²) < 4.78 is 13.1. The average molecular weight is 244 g/mol. The Balaban J connectivity index is 1.69. The van der Waals surface area contributed by atoms with Crippen LogP contribution in [0.25, 0.3) is 0 Å². The van der Waals surface area contributed by atoms with Crippen LogP contribution < -0.4 is 5.32 Å². The number of fused-ring (bicyclic) bond motifs is 1. The molecular weight excluding hydrogens is 231 g/mol. The molecule has 18 heavy (non-hydrogen) atoms. The molecule has 0 spiro atoms. The first kappa shape index (κ1) is 11.2. The first-order chi connectivity index (χ1) is 8.67. The van der Waals surface area contributed by atoms with Crippen LogP contribution in [0.5, 0.6) is 0 Å². The number of rotatable bonds is 2. The fourth-order valence-corrected chi connectivity index (χ4v) is 2.86. The minimum Gasteiger partial charge on any atom is -0.326 e. The van der Waals surface area contributed by atoms with Crippen LogP contribution in [0.1, 0.15) is 24.8 Å². The molecule has 0 aliphatic heterocycles. The highest BCUT2D eigenvalue weighted by Crippen LogP contribution is 2.54. The highest BCUT2D eigenvalue weighted by atomic mass is 19.1. The largest absolute Gasteiger partial charge is 0.326 e. The van der Waals surface area contributed by atoms with Crippen LogP contribution in [0, 0.1) is 34.9 Å². The van der Waals surface area contributed by atoms with Gasteiger partial charge in [-0.15, -0.1) is 0 Å². The maximum atomic E-state index is 13.1. The number of halogens is 1. The summed E-state index contributed by atoms with van der Waals surface area (Å²) in [6.45, 7) is 0. The predicted molar refractivity (Wildman–Crippen MR) is 64.1 cm³/mol. The zero-order chi connectivity index (χ0) is 12.7. The van der Waals surface area contributed by atoms with Crippen molar-refractivity contribution in [2.75, 3.05) is 5.32 Å². The van der Waals surface area contributed by atoms with E-state index in [1.165, 1.54) is 24.6 Å². The Morgan fingerprint density at radius 2 is 2.06 bits per heavy atom. The molecule has 4 heteroatoms. The van der Waals surface area contributed by atoms with Crippen LogP contribution in [-0.2, 0) is 4.79 Å². The molecule has 0 heterocycles. The molecule has 3 rings (SSSR count). The minimum atomic E-state index is -0.558. The number of nitriles is 1. The van der Waals surface area contributed by atoms with E-state index in [1.54, 1.807) is 6.07 Å². The van der Waals surface area contributed by atoms with Crippen molar-refractivity contribution in [1.29, 1.82) is 5.26 Å². The third-order valence-electron chi connectivity index (χ3n) is 3.97. The topological polar surface area (TPSA) is 52.9 Å². The molecular formula is C14H13FN2O. The van der Waals surface area contributed by atoms with Gasteiger partial charge >= 0.3 is 0 Å². The summed E-state index contributed by atoms with van der Waals surface area (Å²) >= 11 is 0. The number of hydrogen-bond donors (Lipinski definition) is 1. The summed E-state index contributed by atoms with van der Waals surface area (Å²) in [6.07, 6.45) is 3.23. The summed E-state index contributed by atoms with van der Waals surface area (Å²) in [6, 6.07) is 5.84. The summed E-state index contributed by atoms with van der Waals surface area (Å²) in [5, 5.41) is 11.5. The number of carbonyl (C=O) groups excluding carboxylic acids is 1. The maximum Gasteiger partial charge on any atom is 0.227 e.